The minimum Gasteiger partial charge on any atom is -0.495 e. The van der Waals surface area contributed by atoms with Gasteiger partial charge in [-0.1, -0.05) is 84.0 Å². The summed E-state index contributed by atoms with van der Waals surface area (Å²) in [6, 6.07) is 23.4. The van der Waals surface area contributed by atoms with Gasteiger partial charge < -0.3 is 10.1 Å². The molecule has 1 heterocycles. The lowest BCUT2D eigenvalue weighted by molar-refractivity contribution is -0.121. The second-order valence-corrected chi connectivity index (χ2v) is 11.8. The molecule has 4 aromatic rings. The van der Waals surface area contributed by atoms with Gasteiger partial charge in [-0.2, -0.15) is 4.31 Å². The average molecular weight is 586 g/mol. The number of thioether (sulfide) groups is 1. The molecule has 3 aromatic carbocycles. The van der Waals surface area contributed by atoms with Crippen LogP contribution in [0.15, 0.2) is 88.9 Å². The largest absolute Gasteiger partial charge is 0.495 e. The summed E-state index contributed by atoms with van der Waals surface area (Å²) >= 11 is 7.57. The van der Waals surface area contributed by atoms with Crippen molar-refractivity contribution in [2.45, 2.75) is 16.5 Å². The minimum atomic E-state index is -4.01. The summed E-state index contributed by atoms with van der Waals surface area (Å²) in [6.45, 7) is 0.111. The Hall–Kier alpha value is -3.38. The number of rotatable bonds is 13. The maximum Gasteiger partial charge on any atom is 0.243 e. The summed E-state index contributed by atoms with van der Waals surface area (Å²) in [5.74, 6) is 1.14. The number of H-pyrrole nitrogens is 1. The van der Waals surface area contributed by atoms with Gasteiger partial charge in [0.05, 0.1) is 23.6 Å². The van der Waals surface area contributed by atoms with E-state index in [9.17, 15) is 13.2 Å². The van der Waals surface area contributed by atoms with Crippen LogP contribution in [0.5, 0.6) is 5.75 Å². The van der Waals surface area contributed by atoms with E-state index < -0.39 is 15.9 Å². The lowest BCUT2D eigenvalue weighted by Crippen LogP contribution is -2.42. The predicted octanol–water partition coefficient (Wildman–Crippen LogP) is 4.28. The van der Waals surface area contributed by atoms with Crippen LogP contribution in [0.4, 0.5) is 0 Å². The highest BCUT2D eigenvalue weighted by Gasteiger charge is 2.27. The lowest BCUT2D eigenvalue weighted by atomic mass is 10.1. The summed E-state index contributed by atoms with van der Waals surface area (Å²) in [7, 11) is -2.55. The second-order valence-electron chi connectivity index (χ2n) is 8.40. The lowest BCUT2D eigenvalue weighted by Gasteiger charge is -2.22. The first-order valence-corrected chi connectivity index (χ1v) is 14.9. The molecule has 0 fully saturated rings. The van der Waals surface area contributed by atoms with Crippen molar-refractivity contribution < 1.29 is 17.9 Å². The van der Waals surface area contributed by atoms with Crippen molar-refractivity contribution >= 4 is 39.3 Å². The third-order valence-electron chi connectivity index (χ3n) is 5.74. The molecule has 1 aromatic heterocycles. The number of amides is 1. The number of benzene rings is 3. The predicted molar refractivity (Wildman–Crippen MR) is 152 cm³/mol. The van der Waals surface area contributed by atoms with Gasteiger partial charge in [-0.25, -0.2) is 13.4 Å². The molecule has 12 heteroatoms. The summed E-state index contributed by atoms with van der Waals surface area (Å²) in [4.78, 5) is 17.3. The van der Waals surface area contributed by atoms with Crippen molar-refractivity contribution in [2.75, 3.05) is 32.5 Å². The minimum absolute atomic E-state index is 0.0106. The summed E-state index contributed by atoms with van der Waals surface area (Å²) < 4.78 is 33.3. The van der Waals surface area contributed by atoms with E-state index in [1.54, 1.807) is 0 Å². The zero-order chi connectivity index (χ0) is 27.7. The topological polar surface area (TPSA) is 117 Å². The Morgan fingerprint density at radius 3 is 2.49 bits per heavy atom. The number of sulfonamides is 1. The van der Waals surface area contributed by atoms with Gasteiger partial charge in [-0.15, -0.1) is 5.10 Å². The van der Waals surface area contributed by atoms with Gasteiger partial charge in [0.1, 0.15) is 5.75 Å². The number of nitrogens with zero attached hydrogens (tertiary/aromatic N) is 3. The van der Waals surface area contributed by atoms with Crippen LogP contribution in [0.25, 0.3) is 11.4 Å². The van der Waals surface area contributed by atoms with Crippen molar-refractivity contribution in [3.63, 3.8) is 0 Å². The number of carbonyl (C=O) groups is 1. The summed E-state index contributed by atoms with van der Waals surface area (Å²) in [5, 5.41) is 10.6. The Morgan fingerprint density at radius 1 is 1.08 bits per heavy atom. The first-order valence-electron chi connectivity index (χ1n) is 12.1. The highest BCUT2D eigenvalue weighted by molar-refractivity contribution is 7.99. The van der Waals surface area contributed by atoms with Crippen LogP contribution in [0, 0.1) is 0 Å². The molecule has 39 heavy (non-hydrogen) atoms. The van der Waals surface area contributed by atoms with Crippen LogP contribution < -0.4 is 10.1 Å². The van der Waals surface area contributed by atoms with Gasteiger partial charge >= 0.3 is 0 Å². The molecule has 0 unspecified atom stereocenters. The van der Waals surface area contributed by atoms with Gasteiger partial charge in [-0.05, 0) is 30.2 Å². The number of halogens is 1. The second kappa shape index (κ2) is 13.6. The molecule has 0 saturated carbocycles. The molecule has 0 spiro atoms. The van der Waals surface area contributed by atoms with Gasteiger partial charge in [0, 0.05) is 24.4 Å². The van der Waals surface area contributed by atoms with Gasteiger partial charge in [0.2, 0.25) is 21.1 Å². The van der Waals surface area contributed by atoms with Crippen LogP contribution in [0.2, 0.25) is 5.02 Å². The first kappa shape index (κ1) is 28.6. The number of carbonyl (C=O) groups excluding carboxylic acids is 1. The molecule has 0 atom stereocenters. The Bertz CT molecular complexity index is 1480. The van der Waals surface area contributed by atoms with Crippen LogP contribution in [-0.2, 0) is 21.2 Å². The molecule has 2 N–H and O–H groups in total. The van der Waals surface area contributed by atoms with E-state index in [0.717, 1.165) is 11.1 Å². The van der Waals surface area contributed by atoms with E-state index in [1.807, 2.05) is 60.7 Å². The number of methoxy groups -OCH3 is 1. The number of ether oxygens (including phenoxy) is 1. The summed E-state index contributed by atoms with van der Waals surface area (Å²) in [6.07, 6.45) is 0.446. The van der Waals surface area contributed by atoms with Crippen LogP contribution in [0.1, 0.15) is 5.56 Å². The van der Waals surface area contributed by atoms with Gasteiger partial charge in [0.15, 0.2) is 5.82 Å². The van der Waals surface area contributed by atoms with Crippen LogP contribution in [0.3, 0.4) is 0 Å². The van der Waals surface area contributed by atoms with Crippen LogP contribution >= 0.6 is 23.4 Å². The van der Waals surface area contributed by atoms with Crippen molar-refractivity contribution in [1.29, 1.82) is 0 Å². The zero-order valence-corrected chi connectivity index (χ0v) is 23.6. The molecule has 0 radical (unpaired) electrons. The molecular formula is C27H28ClN5O4S2. The Labute approximate surface area is 237 Å². The first-order chi connectivity index (χ1) is 18.9. The molecule has 0 aliphatic rings. The normalized spacial score (nSPS) is 11.5. The molecular weight excluding hydrogens is 558 g/mol. The van der Waals surface area contributed by atoms with E-state index >= 15 is 0 Å². The Kier molecular flexibility index (Phi) is 9.99. The molecule has 4 rings (SSSR count). The van der Waals surface area contributed by atoms with E-state index in [4.69, 9.17) is 16.3 Å². The zero-order valence-electron chi connectivity index (χ0n) is 21.2. The molecule has 0 aliphatic carbocycles. The number of aromatic nitrogens is 3. The number of nitrogens with one attached hydrogen (secondary N) is 2. The number of aromatic amines is 1. The maximum atomic E-state index is 13.5. The van der Waals surface area contributed by atoms with Gasteiger partial charge in [-0.3, -0.25) is 9.89 Å². The van der Waals surface area contributed by atoms with Crippen molar-refractivity contribution in [1.82, 2.24) is 24.8 Å². The monoisotopic (exact) mass is 585 g/mol. The van der Waals surface area contributed by atoms with Crippen molar-refractivity contribution in [3.05, 3.63) is 89.4 Å². The van der Waals surface area contributed by atoms with Crippen molar-refractivity contribution in [3.8, 4) is 17.1 Å². The quantitative estimate of drug-likeness (QED) is 0.178. The van der Waals surface area contributed by atoms with Crippen LogP contribution in [-0.4, -0.2) is 66.3 Å². The fourth-order valence-corrected chi connectivity index (χ4v) is 6.12. The smallest absolute Gasteiger partial charge is 0.243 e. The fourth-order valence-electron chi connectivity index (χ4n) is 3.72. The molecule has 1 amide bonds. The molecule has 204 valence electrons. The van der Waals surface area contributed by atoms with E-state index in [-0.39, 0.29) is 23.0 Å². The highest BCUT2D eigenvalue weighted by Crippen LogP contribution is 2.28. The molecule has 0 aliphatic heterocycles. The Balaban J connectivity index is 1.37. The molecule has 0 saturated heterocycles. The standard InChI is InChI=1S/C27H28ClN5O4S2/c1-37-24-13-12-22(18-23(24)28)39(35,36)33(16-14-20-8-4-2-5-9-20)19-25(34)29-15-17-38-27-30-26(31-32-27)21-10-6-3-7-11-21/h2-13,18H,14-17,19H2,1H3,(H,29,34)(H,30,31,32). The highest BCUT2D eigenvalue weighted by atomic mass is 35.5. The van der Waals surface area contributed by atoms with Gasteiger partial charge in [0.25, 0.3) is 0 Å². The number of hydrogen-bond donors (Lipinski definition) is 2. The third kappa shape index (κ3) is 7.82. The maximum absolute atomic E-state index is 13.5. The SMILES string of the molecule is COc1ccc(S(=O)(=O)N(CCc2ccccc2)CC(=O)NCCSc2n[nH]c(-c3ccccc3)n2)cc1Cl. The molecule has 9 nitrogen and oxygen atoms in total. The fraction of sp³-hybridized carbons (Fsp3) is 0.222. The van der Waals surface area contributed by atoms with E-state index in [2.05, 4.69) is 20.5 Å². The van der Waals surface area contributed by atoms with E-state index in [1.165, 1.54) is 41.4 Å². The van der Waals surface area contributed by atoms with Crippen molar-refractivity contribution in [2.24, 2.45) is 0 Å². The molecule has 0 bridgehead atoms. The average Bonchev–Trinajstić information content (AvgIpc) is 3.43. The third-order valence-corrected chi connectivity index (χ3v) is 8.73. The Morgan fingerprint density at radius 2 is 1.79 bits per heavy atom. The summed E-state index contributed by atoms with van der Waals surface area (Å²) in [5.41, 5.74) is 1.89. The van der Waals surface area contributed by atoms with E-state index in [0.29, 0.717) is 35.4 Å². The number of hydrogen-bond acceptors (Lipinski definition) is 7.